The van der Waals surface area contributed by atoms with E-state index in [4.69, 9.17) is 4.74 Å². The summed E-state index contributed by atoms with van der Waals surface area (Å²) in [7, 11) is 0. The molecule has 0 saturated heterocycles. The first-order valence-corrected chi connectivity index (χ1v) is 14.2. The number of nitro groups is 1. The number of ether oxygens (including phenoxy) is 1. The fourth-order valence-corrected chi connectivity index (χ4v) is 6.39. The average Bonchev–Trinajstić information content (AvgIpc) is 3.34. The van der Waals surface area contributed by atoms with Crippen molar-refractivity contribution in [3.05, 3.63) is 114 Å². The van der Waals surface area contributed by atoms with E-state index in [2.05, 4.69) is 32.3 Å². The van der Waals surface area contributed by atoms with Crippen molar-refractivity contribution in [3.8, 4) is 11.8 Å². The summed E-state index contributed by atoms with van der Waals surface area (Å²) in [5.74, 6) is -0.157. The Morgan fingerprint density at radius 3 is 2.67 bits per heavy atom. The van der Waals surface area contributed by atoms with Gasteiger partial charge in [-0.3, -0.25) is 14.9 Å². The summed E-state index contributed by atoms with van der Waals surface area (Å²) in [6.07, 6.45) is 5.33. The van der Waals surface area contributed by atoms with E-state index in [-0.39, 0.29) is 24.0 Å². The number of nitrogens with one attached hydrogen (secondary N) is 1. The zero-order valence-electron chi connectivity index (χ0n) is 21.2. The molecule has 1 amide bonds. The third-order valence-electron chi connectivity index (χ3n) is 6.50. The summed E-state index contributed by atoms with van der Waals surface area (Å²) in [6, 6.07) is 21.4. The number of hydrogen-bond acceptors (Lipinski definition) is 7. The first-order chi connectivity index (χ1) is 19.4. The monoisotopic (exact) mass is 614 g/mol. The molecule has 0 spiro atoms. The van der Waals surface area contributed by atoms with E-state index < -0.39 is 4.92 Å². The maximum atomic E-state index is 13.3. The standard InChI is InChI=1S/C30H23BrN4O4S/c31-24-14-19(15-25(35(37)38)28(24)39-18-21-9-5-4-8-20(21)16-32)17-33-30-27(23-12-6-7-13-26(23)40-30)29(36)34-22-10-2-1-3-11-22/h1-5,8-11,14-15,17H,6-7,12-13,18H2,(H,34,36). The summed E-state index contributed by atoms with van der Waals surface area (Å²) in [6.45, 7) is -0.00273. The van der Waals surface area contributed by atoms with Crippen molar-refractivity contribution in [1.82, 2.24) is 0 Å². The van der Waals surface area contributed by atoms with Crippen molar-refractivity contribution >= 4 is 55.8 Å². The zero-order valence-corrected chi connectivity index (χ0v) is 23.6. The molecule has 1 N–H and O–H groups in total. The number of aliphatic imine (C=N–C) groups is 1. The molecule has 1 aliphatic rings. The molecule has 0 aliphatic heterocycles. The van der Waals surface area contributed by atoms with E-state index in [1.165, 1.54) is 23.6 Å². The van der Waals surface area contributed by atoms with Crippen molar-refractivity contribution in [2.75, 3.05) is 5.32 Å². The molecule has 0 atom stereocenters. The minimum Gasteiger partial charge on any atom is -0.481 e. The first-order valence-electron chi connectivity index (χ1n) is 12.6. The molecule has 0 radical (unpaired) electrons. The number of nitriles is 1. The smallest absolute Gasteiger partial charge is 0.312 e. The van der Waals surface area contributed by atoms with Crippen LogP contribution in [0.25, 0.3) is 0 Å². The Hall–Kier alpha value is -4.33. The lowest BCUT2D eigenvalue weighted by atomic mass is 9.95. The van der Waals surface area contributed by atoms with Crippen LogP contribution in [0.3, 0.4) is 0 Å². The maximum absolute atomic E-state index is 13.3. The highest BCUT2D eigenvalue weighted by Crippen LogP contribution is 2.41. The van der Waals surface area contributed by atoms with Crippen molar-refractivity contribution in [2.45, 2.75) is 32.3 Å². The Morgan fingerprint density at radius 1 is 1.15 bits per heavy atom. The number of carbonyl (C=O) groups excluding carboxylic acids is 1. The number of para-hydroxylation sites is 1. The van der Waals surface area contributed by atoms with Crippen LogP contribution in [0.5, 0.6) is 5.75 Å². The fourth-order valence-electron chi connectivity index (χ4n) is 4.58. The molecule has 40 heavy (non-hydrogen) atoms. The van der Waals surface area contributed by atoms with Crippen molar-refractivity contribution in [1.29, 1.82) is 5.26 Å². The van der Waals surface area contributed by atoms with E-state index >= 15 is 0 Å². The number of benzene rings is 3. The lowest BCUT2D eigenvalue weighted by Gasteiger charge is -2.12. The minimum absolute atomic E-state index is 0.00273. The highest BCUT2D eigenvalue weighted by molar-refractivity contribution is 9.10. The van der Waals surface area contributed by atoms with Crippen molar-refractivity contribution in [2.24, 2.45) is 4.99 Å². The van der Waals surface area contributed by atoms with Crippen LogP contribution in [0.4, 0.5) is 16.4 Å². The van der Waals surface area contributed by atoms with Crippen LogP contribution in [0.1, 0.15) is 50.3 Å². The molecule has 3 aromatic carbocycles. The summed E-state index contributed by atoms with van der Waals surface area (Å²) < 4.78 is 6.18. The largest absolute Gasteiger partial charge is 0.481 e. The predicted molar refractivity (Wildman–Crippen MR) is 159 cm³/mol. The molecule has 0 bridgehead atoms. The molecule has 0 saturated carbocycles. The Labute approximate surface area is 243 Å². The van der Waals surface area contributed by atoms with E-state index in [1.54, 1.807) is 30.3 Å². The molecule has 200 valence electrons. The molecule has 1 aliphatic carbocycles. The van der Waals surface area contributed by atoms with Gasteiger partial charge in [0.25, 0.3) is 5.91 Å². The number of nitro benzene ring substituents is 1. The van der Waals surface area contributed by atoms with Crippen LogP contribution >= 0.6 is 27.3 Å². The second-order valence-electron chi connectivity index (χ2n) is 9.14. The summed E-state index contributed by atoms with van der Waals surface area (Å²) >= 11 is 4.90. The quantitative estimate of drug-likeness (QED) is 0.124. The molecule has 10 heteroatoms. The van der Waals surface area contributed by atoms with Gasteiger partial charge in [-0.15, -0.1) is 11.3 Å². The van der Waals surface area contributed by atoms with Gasteiger partial charge in [0.2, 0.25) is 5.75 Å². The molecule has 0 unspecified atom stereocenters. The predicted octanol–water partition coefficient (Wildman–Crippen LogP) is 7.75. The molecular weight excluding hydrogens is 592 g/mol. The zero-order chi connectivity index (χ0) is 28.1. The van der Waals surface area contributed by atoms with Gasteiger partial charge in [-0.2, -0.15) is 5.26 Å². The third-order valence-corrected chi connectivity index (χ3v) is 8.28. The Morgan fingerprint density at radius 2 is 1.90 bits per heavy atom. The number of rotatable bonds is 8. The number of halogens is 1. The Bertz CT molecular complexity index is 1660. The number of amides is 1. The van der Waals surface area contributed by atoms with Gasteiger partial charge in [-0.1, -0.05) is 36.4 Å². The number of aryl methyl sites for hydroxylation is 1. The SMILES string of the molecule is N#Cc1ccccc1COc1c(Br)cc(C=Nc2sc3c(c2C(=O)Nc2ccccc2)CCCC3)cc1[N+](=O)[O-]. The van der Waals surface area contributed by atoms with Crippen molar-refractivity contribution < 1.29 is 14.5 Å². The first kappa shape index (κ1) is 27.2. The van der Waals surface area contributed by atoms with Gasteiger partial charge >= 0.3 is 5.69 Å². The second kappa shape index (κ2) is 12.2. The summed E-state index contributed by atoms with van der Waals surface area (Å²) in [4.78, 5) is 30.6. The van der Waals surface area contributed by atoms with Gasteiger partial charge in [-0.05, 0) is 71.4 Å². The van der Waals surface area contributed by atoms with Crippen LogP contribution < -0.4 is 10.1 Å². The van der Waals surface area contributed by atoms with E-state index in [1.807, 2.05) is 30.3 Å². The third kappa shape index (κ3) is 5.96. The average molecular weight is 616 g/mol. The summed E-state index contributed by atoms with van der Waals surface area (Å²) in [5.41, 5.74) is 3.60. The van der Waals surface area contributed by atoms with Crippen molar-refractivity contribution in [3.63, 3.8) is 0 Å². The van der Waals surface area contributed by atoms with Crippen LogP contribution in [-0.4, -0.2) is 17.0 Å². The molecule has 0 fully saturated rings. The minimum atomic E-state index is -0.518. The fraction of sp³-hybridized carbons (Fsp3) is 0.167. The van der Waals surface area contributed by atoms with Crippen LogP contribution in [-0.2, 0) is 19.4 Å². The van der Waals surface area contributed by atoms with E-state index in [9.17, 15) is 20.2 Å². The number of fused-ring (bicyclic) bond motifs is 1. The van der Waals surface area contributed by atoms with Gasteiger partial charge in [0.15, 0.2) is 0 Å². The second-order valence-corrected chi connectivity index (χ2v) is 11.1. The number of nitrogens with zero attached hydrogens (tertiary/aromatic N) is 3. The van der Waals surface area contributed by atoms with Crippen LogP contribution in [0.15, 0.2) is 76.2 Å². The molecular formula is C30H23BrN4O4S. The van der Waals surface area contributed by atoms with Gasteiger partial charge in [0, 0.05) is 34.0 Å². The molecule has 1 heterocycles. The molecule has 4 aromatic rings. The number of anilines is 1. The highest BCUT2D eigenvalue weighted by Gasteiger charge is 2.26. The van der Waals surface area contributed by atoms with Gasteiger partial charge in [0.05, 0.1) is 26.6 Å². The number of hydrogen-bond donors (Lipinski definition) is 1. The number of thiophene rings is 1. The Balaban J connectivity index is 1.44. The lowest BCUT2D eigenvalue weighted by Crippen LogP contribution is -2.14. The van der Waals surface area contributed by atoms with E-state index in [0.717, 1.165) is 36.1 Å². The van der Waals surface area contributed by atoms with Gasteiger partial charge < -0.3 is 10.1 Å². The topological polar surface area (TPSA) is 118 Å². The van der Waals surface area contributed by atoms with Gasteiger partial charge in [0.1, 0.15) is 11.6 Å². The van der Waals surface area contributed by atoms with Crippen LogP contribution in [0, 0.1) is 21.4 Å². The molecule has 5 rings (SSSR count). The maximum Gasteiger partial charge on any atom is 0.312 e. The van der Waals surface area contributed by atoms with Gasteiger partial charge in [-0.25, -0.2) is 4.99 Å². The molecule has 1 aromatic heterocycles. The lowest BCUT2D eigenvalue weighted by molar-refractivity contribution is -0.386. The number of carbonyl (C=O) groups is 1. The molecule has 8 nitrogen and oxygen atoms in total. The highest BCUT2D eigenvalue weighted by atomic mass is 79.9. The summed E-state index contributed by atoms with van der Waals surface area (Å²) in [5, 5.41) is 24.8. The van der Waals surface area contributed by atoms with E-state index in [0.29, 0.717) is 37.4 Å². The Kier molecular flexibility index (Phi) is 8.34. The van der Waals surface area contributed by atoms with Crippen LogP contribution in [0.2, 0.25) is 0 Å². The normalized spacial score (nSPS) is 12.5.